The molecule has 3 heteroatoms. The molecule has 3 aromatic rings. The fourth-order valence-electron chi connectivity index (χ4n) is 1.51. The van der Waals surface area contributed by atoms with Crippen LogP contribution in [0.4, 0.5) is 0 Å². The lowest BCUT2D eigenvalue weighted by atomic mass is 10.2. The van der Waals surface area contributed by atoms with Crippen LogP contribution < -0.4 is 0 Å². The Morgan fingerprint density at radius 2 is 1.87 bits per heavy atom. The summed E-state index contributed by atoms with van der Waals surface area (Å²) in [6.45, 7) is 0. The van der Waals surface area contributed by atoms with Gasteiger partial charge in [-0.3, -0.25) is 0 Å². The lowest BCUT2D eigenvalue weighted by molar-refractivity contribution is 0.630. The number of benzene rings is 1. The number of para-hydroxylation sites is 1. The number of rotatable bonds is 1. The fourth-order valence-corrected chi connectivity index (χ4v) is 1.51. The van der Waals surface area contributed by atoms with E-state index >= 15 is 0 Å². The zero-order chi connectivity index (χ0) is 10.1. The van der Waals surface area contributed by atoms with Crippen LogP contribution in [0.15, 0.2) is 47.1 Å². The molecular formula is C12H7N2O. The first kappa shape index (κ1) is 8.17. The zero-order valence-electron chi connectivity index (χ0n) is 7.84. The van der Waals surface area contributed by atoms with Crippen LogP contribution in [0.3, 0.4) is 0 Å². The van der Waals surface area contributed by atoms with Crippen molar-refractivity contribution in [1.29, 1.82) is 0 Å². The third kappa shape index (κ3) is 1.38. The van der Waals surface area contributed by atoms with Crippen LogP contribution in [0.2, 0.25) is 0 Å². The first-order valence-corrected chi connectivity index (χ1v) is 4.60. The van der Waals surface area contributed by atoms with Gasteiger partial charge in [-0.15, -0.1) is 0 Å². The van der Waals surface area contributed by atoms with Crippen molar-refractivity contribution >= 4 is 11.0 Å². The third-order valence-corrected chi connectivity index (χ3v) is 2.23. The van der Waals surface area contributed by atoms with Gasteiger partial charge in [0.1, 0.15) is 11.3 Å². The molecule has 0 saturated carbocycles. The van der Waals surface area contributed by atoms with Gasteiger partial charge in [-0.2, -0.15) is 0 Å². The fraction of sp³-hybridized carbons (Fsp3) is 0. The van der Waals surface area contributed by atoms with Crippen LogP contribution in [0, 0.1) is 6.33 Å². The van der Waals surface area contributed by atoms with Crippen LogP contribution in [-0.4, -0.2) is 9.97 Å². The topological polar surface area (TPSA) is 38.9 Å². The summed E-state index contributed by atoms with van der Waals surface area (Å²) in [5, 5.41) is 1.08. The first-order chi connectivity index (χ1) is 7.43. The maximum Gasteiger partial charge on any atom is 0.197 e. The predicted molar refractivity (Wildman–Crippen MR) is 56.1 cm³/mol. The van der Waals surface area contributed by atoms with E-state index < -0.39 is 0 Å². The van der Waals surface area contributed by atoms with Crippen molar-refractivity contribution < 1.29 is 4.42 Å². The van der Waals surface area contributed by atoms with E-state index in [1.54, 1.807) is 12.4 Å². The van der Waals surface area contributed by atoms with E-state index in [-0.39, 0.29) is 0 Å². The highest BCUT2D eigenvalue weighted by molar-refractivity contribution is 5.82. The Balaban J connectivity index is 2.21. The summed E-state index contributed by atoms with van der Waals surface area (Å²) in [5.74, 6) is 0.783. The summed E-state index contributed by atoms with van der Waals surface area (Å²) in [6, 6.07) is 9.86. The molecule has 1 radical (unpaired) electrons. The quantitative estimate of drug-likeness (QED) is 0.599. The van der Waals surface area contributed by atoms with Gasteiger partial charge in [-0.05, 0) is 12.1 Å². The summed E-state index contributed by atoms with van der Waals surface area (Å²) in [6.07, 6.45) is 5.87. The average molecular weight is 195 g/mol. The molecule has 0 atom stereocenters. The summed E-state index contributed by atoms with van der Waals surface area (Å²) in [5.41, 5.74) is 1.74. The largest absolute Gasteiger partial charge is 0.456 e. The summed E-state index contributed by atoms with van der Waals surface area (Å²) >= 11 is 0. The van der Waals surface area contributed by atoms with Crippen LogP contribution in [0.1, 0.15) is 0 Å². The zero-order valence-corrected chi connectivity index (χ0v) is 7.84. The second-order valence-corrected chi connectivity index (χ2v) is 3.22. The van der Waals surface area contributed by atoms with Gasteiger partial charge in [-0.25, -0.2) is 9.97 Å². The minimum absolute atomic E-state index is 0.783. The Kier molecular flexibility index (Phi) is 1.75. The van der Waals surface area contributed by atoms with E-state index in [9.17, 15) is 0 Å². The summed E-state index contributed by atoms with van der Waals surface area (Å²) in [7, 11) is 0. The smallest absolute Gasteiger partial charge is 0.197 e. The van der Waals surface area contributed by atoms with Gasteiger partial charge in [-0.1, -0.05) is 18.2 Å². The van der Waals surface area contributed by atoms with E-state index in [4.69, 9.17) is 4.42 Å². The molecule has 0 bridgehead atoms. The second-order valence-electron chi connectivity index (χ2n) is 3.22. The van der Waals surface area contributed by atoms with Crippen molar-refractivity contribution in [3.63, 3.8) is 0 Å². The van der Waals surface area contributed by atoms with Gasteiger partial charge in [0.2, 0.25) is 0 Å². The number of nitrogens with zero attached hydrogens (tertiary/aromatic N) is 2. The molecule has 0 aliphatic carbocycles. The van der Waals surface area contributed by atoms with Crippen LogP contribution >= 0.6 is 0 Å². The van der Waals surface area contributed by atoms with Crippen LogP contribution in [0.5, 0.6) is 0 Å². The first-order valence-electron chi connectivity index (χ1n) is 4.60. The Morgan fingerprint density at radius 1 is 1.07 bits per heavy atom. The Hall–Kier alpha value is -2.16. The number of aromatic nitrogens is 2. The van der Waals surface area contributed by atoms with Gasteiger partial charge in [0.15, 0.2) is 6.33 Å². The summed E-state index contributed by atoms with van der Waals surface area (Å²) < 4.78 is 5.66. The van der Waals surface area contributed by atoms with Crippen molar-refractivity contribution in [3.05, 3.63) is 49.1 Å². The molecule has 1 aromatic carbocycles. The normalized spacial score (nSPS) is 10.7. The molecular weight excluding hydrogens is 188 g/mol. The minimum Gasteiger partial charge on any atom is -0.456 e. The van der Waals surface area contributed by atoms with E-state index in [0.717, 1.165) is 22.3 Å². The highest BCUT2D eigenvalue weighted by atomic mass is 16.3. The molecule has 0 unspecified atom stereocenters. The number of hydrogen-bond acceptors (Lipinski definition) is 3. The van der Waals surface area contributed by atoms with Gasteiger partial charge >= 0.3 is 0 Å². The molecule has 0 saturated heterocycles. The minimum atomic E-state index is 0.783. The monoisotopic (exact) mass is 195 g/mol. The summed E-state index contributed by atoms with van der Waals surface area (Å²) in [4.78, 5) is 7.67. The third-order valence-electron chi connectivity index (χ3n) is 2.23. The van der Waals surface area contributed by atoms with Gasteiger partial charge < -0.3 is 4.42 Å². The van der Waals surface area contributed by atoms with E-state index in [2.05, 4.69) is 16.3 Å². The van der Waals surface area contributed by atoms with Crippen LogP contribution in [0.25, 0.3) is 22.3 Å². The molecule has 2 aromatic heterocycles. The maximum absolute atomic E-state index is 5.66. The molecule has 3 rings (SSSR count). The molecule has 15 heavy (non-hydrogen) atoms. The Bertz CT molecular complexity index is 554. The predicted octanol–water partition coefficient (Wildman–Crippen LogP) is 2.69. The van der Waals surface area contributed by atoms with E-state index in [0.29, 0.717) is 0 Å². The Morgan fingerprint density at radius 3 is 2.67 bits per heavy atom. The highest BCUT2D eigenvalue weighted by Gasteiger charge is 2.05. The van der Waals surface area contributed by atoms with Gasteiger partial charge in [0.25, 0.3) is 0 Å². The van der Waals surface area contributed by atoms with Crippen molar-refractivity contribution in [2.45, 2.75) is 0 Å². The Labute approximate surface area is 86.4 Å². The molecule has 0 N–H and O–H groups in total. The molecule has 0 spiro atoms. The SMILES string of the molecule is [c]1ncc(-c2cc3ccccc3o2)cn1. The lowest BCUT2D eigenvalue weighted by Crippen LogP contribution is -1.79. The van der Waals surface area contributed by atoms with Crippen molar-refractivity contribution in [1.82, 2.24) is 9.97 Å². The van der Waals surface area contributed by atoms with Crippen molar-refractivity contribution in [2.75, 3.05) is 0 Å². The molecule has 0 aliphatic heterocycles. The van der Waals surface area contributed by atoms with Crippen molar-refractivity contribution in [3.8, 4) is 11.3 Å². The van der Waals surface area contributed by atoms with E-state index in [1.165, 1.54) is 0 Å². The lowest BCUT2D eigenvalue weighted by Gasteiger charge is -1.91. The van der Waals surface area contributed by atoms with E-state index in [1.807, 2.05) is 30.3 Å². The maximum atomic E-state index is 5.66. The molecule has 2 heterocycles. The molecule has 0 fully saturated rings. The molecule has 3 nitrogen and oxygen atoms in total. The van der Waals surface area contributed by atoms with Gasteiger partial charge in [0, 0.05) is 17.8 Å². The second kappa shape index (κ2) is 3.20. The van der Waals surface area contributed by atoms with Crippen molar-refractivity contribution in [2.24, 2.45) is 0 Å². The average Bonchev–Trinajstić information content (AvgIpc) is 2.74. The van der Waals surface area contributed by atoms with Gasteiger partial charge in [0.05, 0.1) is 5.56 Å². The standard InChI is InChI=1S/C12H7N2O/c1-2-4-11-9(3-1)5-12(15-11)10-6-13-8-14-7-10/h1-7H. The number of fused-ring (bicyclic) bond motifs is 1. The molecule has 71 valence electrons. The molecule has 0 amide bonds. The number of furan rings is 1. The highest BCUT2D eigenvalue weighted by Crippen LogP contribution is 2.26. The number of hydrogen-bond donors (Lipinski definition) is 0. The molecule has 0 aliphatic rings. The van der Waals surface area contributed by atoms with Crippen LogP contribution in [-0.2, 0) is 0 Å².